The topological polar surface area (TPSA) is 91.6 Å². The second-order valence-corrected chi connectivity index (χ2v) is 11.4. The number of hydrogen-bond acceptors (Lipinski definition) is 8. The minimum absolute atomic E-state index is 0.171. The molecule has 45 heavy (non-hydrogen) atoms. The molecule has 9 nitrogen and oxygen atoms in total. The number of benzene rings is 3. The van der Waals surface area contributed by atoms with E-state index in [1.807, 2.05) is 81.4 Å². The molecule has 0 unspecified atom stereocenters. The Bertz CT molecular complexity index is 1890. The maximum atomic E-state index is 14.1. The van der Waals surface area contributed by atoms with E-state index in [4.69, 9.17) is 23.9 Å². The first-order chi connectivity index (χ1) is 21.8. The molecule has 0 radical (unpaired) electrons. The Balaban J connectivity index is 1.54. The van der Waals surface area contributed by atoms with Crippen LogP contribution < -0.4 is 33.8 Å². The Morgan fingerprint density at radius 3 is 2.18 bits per heavy atom. The molecule has 1 aliphatic rings. The summed E-state index contributed by atoms with van der Waals surface area (Å²) in [5.74, 6) is 2.47. The van der Waals surface area contributed by atoms with Crippen LogP contribution in [0.25, 0.3) is 6.08 Å². The van der Waals surface area contributed by atoms with E-state index < -0.39 is 6.04 Å². The van der Waals surface area contributed by atoms with Crippen LogP contribution in [0.2, 0.25) is 0 Å². The van der Waals surface area contributed by atoms with Gasteiger partial charge in [0.1, 0.15) is 35.6 Å². The van der Waals surface area contributed by atoms with Crippen LogP contribution in [0.3, 0.4) is 0 Å². The standard InChI is InChI=1S/C35H37N3O6S/c1-7-37(8-2)34(40)31-22(3)36-35-38(32(31)28-20-27(42-5)17-18-29(28)43-6)33(39)30(45-35)19-23-9-15-26(16-10-23)44-21-24-11-13-25(41-4)14-12-24/h9-20,32H,7-8,21H2,1-6H3/b30-19+/t32-/m1/s1. The van der Waals surface area contributed by atoms with Crippen LogP contribution in [0.4, 0.5) is 0 Å². The fourth-order valence-corrected chi connectivity index (χ4v) is 6.37. The zero-order chi connectivity index (χ0) is 32.1. The van der Waals surface area contributed by atoms with Crippen molar-refractivity contribution < 1.29 is 23.7 Å². The number of thiazole rings is 1. The molecule has 1 aromatic heterocycles. The Morgan fingerprint density at radius 1 is 0.911 bits per heavy atom. The number of amides is 1. The van der Waals surface area contributed by atoms with Gasteiger partial charge < -0.3 is 23.8 Å². The third-order valence-corrected chi connectivity index (χ3v) is 8.76. The van der Waals surface area contributed by atoms with E-state index in [0.717, 1.165) is 16.9 Å². The number of nitrogens with zero attached hydrogens (tertiary/aromatic N) is 3. The molecule has 0 bridgehead atoms. The maximum absolute atomic E-state index is 14.1. The summed E-state index contributed by atoms with van der Waals surface area (Å²) in [5, 5.41) is 0. The zero-order valence-corrected chi connectivity index (χ0v) is 27.1. The van der Waals surface area contributed by atoms with Crippen LogP contribution in [0.15, 0.2) is 87.8 Å². The van der Waals surface area contributed by atoms with Crippen molar-refractivity contribution in [3.63, 3.8) is 0 Å². The first-order valence-electron chi connectivity index (χ1n) is 14.7. The Morgan fingerprint density at radius 2 is 1.56 bits per heavy atom. The third-order valence-electron chi connectivity index (χ3n) is 7.78. The van der Waals surface area contributed by atoms with E-state index in [9.17, 15) is 9.59 Å². The number of fused-ring (bicyclic) bond motifs is 1. The molecule has 0 N–H and O–H groups in total. The molecule has 2 heterocycles. The molecule has 0 aliphatic carbocycles. The lowest BCUT2D eigenvalue weighted by molar-refractivity contribution is -0.127. The van der Waals surface area contributed by atoms with E-state index in [0.29, 0.717) is 63.1 Å². The molecule has 1 aliphatic heterocycles. The number of methoxy groups -OCH3 is 3. The van der Waals surface area contributed by atoms with E-state index in [1.54, 1.807) is 42.9 Å². The molecule has 10 heteroatoms. The summed E-state index contributed by atoms with van der Waals surface area (Å²) in [5.41, 5.74) is 3.26. The molecule has 0 fully saturated rings. The van der Waals surface area contributed by atoms with E-state index >= 15 is 0 Å². The summed E-state index contributed by atoms with van der Waals surface area (Å²) in [6.45, 7) is 7.16. The highest BCUT2D eigenvalue weighted by Gasteiger charge is 2.36. The van der Waals surface area contributed by atoms with Crippen molar-refractivity contribution in [2.45, 2.75) is 33.4 Å². The summed E-state index contributed by atoms with van der Waals surface area (Å²) >= 11 is 1.29. The van der Waals surface area contributed by atoms with Crippen LogP contribution in [0, 0.1) is 0 Å². The number of carbonyl (C=O) groups is 1. The van der Waals surface area contributed by atoms with Gasteiger partial charge in [-0.2, -0.15) is 0 Å². The quantitative estimate of drug-likeness (QED) is 0.239. The highest BCUT2D eigenvalue weighted by atomic mass is 32.1. The van der Waals surface area contributed by atoms with Crippen LogP contribution in [-0.2, 0) is 11.4 Å². The maximum Gasteiger partial charge on any atom is 0.271 e. The number of hydrogen-bond donors (Lipinski definition) is 0. The smallest absolute Gasteiger partial charge is 0.271 e. The van der Waals surface area contributed by atoms with Gasteiger partial charge >= 0.3 is 0 Å². The van der Waals surface area contributed by atoms with Gasteiger partial charge in [0.25, 0.3) is 11.5 Å². The van der Waals surface area contributed by atoms with Crippen molar-refractivity contribution in [1.82, 2.24) is 9.47 Å². The first-order valence-corrected chi connectivity index (χ1v) is 15.5. The van der Waals surface area contributed by atoms with Crippen molar-refractivity contribution >= 4 is 23.3 Å². The van der Waals surface area contributed by atoms with Gasteiger partial charge in [0, 0.05) is 18.7 Å². The van der Waals surface area contributed by atoms with Gasteiger partial charge in [0.2, 0.25) is 0 Å². The number of allylic oxidation sites excluding steroid dienone is 1. The number of aromatic nitrogens is 1. The summed E-state index contributed by atoms with van der Waals surface area (Å²) in [6.07, 6.45) is 1.84. The van der Waals surface area contributed by atoms with Crippen molar-refractivity contribution in [3.05, 3.63) is 114 Å². The molecule has 234 valence electrons. The molecule has 1 amide bonds. The highest BCUT2D eigenvalue weighted by Crippen LogP contribution is 2.38. The van der Waals surface area contributed by atoms with Crippen LogP contribution in [0.1, 0.15) is 43.5 Å². The Labute approximate surface area is 266 Å². The highest BCUT2D eigenvalue weighted by molar-refractivity contribution is 7.07. The number of rotatable bonds is 11. The second kappa shape index (κ2) is 13.9. The van der Waals surface area contributed by atoms with Crippen molar-refractivity contribution in [2.24, 2.45) is 4.99 Å². The van der Waals surface area contributed by atoms with E-state index in [2.05, 4.69) is 0 Å². The van der Waals surface area contributed by atoms with Gasteiger partial charge in [-0.1, -0.05) is 35.6 Å². The normalized spacial score (nSPS) is 14.4. The monoisotopic (exact) mass is 627 g/mol. The van der Waals surface area contributed by atoms with Crippen LogP contribution >= 0.6 is 11.3 Å². The van der Waals surface area contributed by atoms with Crippen molar-refractivity contribution in [3.8, 4) is 23.0 Å². The minimum Gasteiger partial charge on any atom is -0.497 e. The summed E-state index contributed by atoms with van der Waals surface area (Å²) in [4.78, 5) is 35.1. The fourth-order valence-electron chi connectivity index (χ4n) is 5.32. The van der Waals surface area contributed by atoms with Gasteiger partial charge in [-0.05, 0) is 80.4 Å². The van der Waals surface area contributed by atoms with E-state index in [-0.39, 0.29) is 11.5 Å². The molecule has 5 rings (SSSR count). The average Bonchev–Trinajstić information content (AvgIpc) is 3.37. The van der Waals surface area contributed by atoms with Crippen molar-refractivity contribution in [1.29, 1.82) is 0 Å². The van der Waals surface area contributed by atoms with E-state index in [1.165, 1.54) is 11.3 Å². The lowest BCUT2D eigenvalue weighted by atomic mass is 9.93. The van der Waals surface area contributed by atoms with Gasteiger partial charge in [0.15, 0.2) is 4.80 Å². The molecular weight excluding hydrogens is 590 g/mol. The lowest BCUT2D eigenvalue weighted by Crippen LogP contribution is -2.43. The van der Waals surface area contributed by atoms with Gasteiger partial charge in [0.05, 0.1) is 37.1 Å². The van der Waals surface area contributed by atoms with Gasteiger partial charge in [-0.3, -0.25) is 14.2 Å². The Hall–Kier alpha value is -4.83. The predicted octanol–water partition coefficient (Wildman–Crippen LogP) is 4.71. The molecule has 1 atom stereocenters. The average molecular weight is 628 g/mol. The zero-order valence-electron chi connectivity index (χ0n) is 26.3. The van der Waals surface area contributed by atoms with Gasteiger partial charge in [-0.15, -0.1) is 0 Å². The number of ether oxygens (including phenoxy) is 4. The van der Waals surface area contributed by atoms with Crippen LogP contribution in [0.5, 0.6) is 23.0 Å². The summed E-state index contributed by atoms with van der Waals surface area (Å²) in [6, 6.07) is 19.9. The van der Waals surface area contributed by atoms with Gasteiger partial charge in [-0.25, -0.2) is 4.99 Å². The largest absolute Gasteiger partial charge is 0.497 e. The summed E-state index contributed by atoms with van der Waals surface area (Å²) < 4.78 is 24.5. The SMILES string of the molecule is CCN(CC)C(=O)C1=C(C)N=c2s/c(=C/c3ccc(OCc4ccc(OC)cc4)cc3)c(=O)n2[C@@H]1c1cc(OC)ccc1OC. The lowest BCUT2D eigenvalue weighted by Gasteiger charge is -2.30. The third kappa shape index (κ3) is 6.51. The second-order valence-electron chi connectivity index (χ2n) is 10.4. The Kier molecular flexibility index (Phi) is 9.73. The first kappa shape index (κ1) is 31.6. The van der Waals surface area contributed by atoms with Crippen LogP contribution in [-0.4, -0.2) is 49.8 Å². The molecular formula is C35H37N3O6S. The molecule has 4 aromatic rings. The summed E-state index contributed by atoms with van der Waals surface area (Å²) in [7, 11) is 4.79. The molecule has 0 spiro atoms. The fraction of sp³-hybridized carbons (Fsp3) is 0.286. The molecule has 0 saturated heterocycles. The van der Waals surface area contributed by atoms with Crippen molar-refractivity contribution in [2.75, 3.05) is 34.4 Å². The minimum atomic E-state index is -0.754. The molecule has 3 aromatic carbocycles. The number of carbonyl (C=O) groups excluding carboxylic acids is 1. The molecule has 0 saturated carbocycles. The predicted molar refractivity (Wildman–Crippen MR) is 175 cm³/mol. The number of likely N-dealkylation sites (N-methyl/N-ethyl adjacent to an activating group) is 1.